The molecule has 3 rings (SSSR count). The number of para-hydroxylation sites is 1. The zero-order valence-electron chi connectivity index (χ0n) is 12.2. The minimum Gasteiger partial charge on any atom is -0.367 e. The third-order valence-corrected chi connectivity index (χ3v) is 4.99. The largest absolute Gasteiger partial charge is 0.367 e. The van der Waals surface area contributed by atoms with E-state index < -0.39 is 0 Å². The van der Waals surface area contributed by atoms with Gasteiger partial charge in [-0.3, -0.25) is 4.79 Å². The molecule has 2 fully saturated rings. The lowest BCUT2D eigenvalue weighted by Gasteiger charge is -2.38. The quantitative estimate of drug-likeness (QED) is 0.910. The van der Waals surface area contributed by atoms with E-state index in [1.807, 2.05) is 29.2 Å². The third kappa shape index (κ3) is 3.01. The number of halogens is 1. The van der Waals surface area contributed by atoms with E-state index >= 15 is 0 Å². The Balaban J connectivity index is 1.60. The van der Waals surface area contributed by atoms with E-state index in [1.54, 1.807) is 0 Å². The second-order valence-electron chi connectivity index (χ2n) is 5.96. The maximum absolute atomic E-state index is 12.5. The molecule has 4 nitrogen and oxygen atoms in total. The number of rotatable bonds is 2. The van der Waals surface area contributed by atoms with Crippen molar-refractivity contribution in [2.24, 2.45) is 11.7 Å². The van der Waals surface area contributed by atoms with Crippen LogP contribution in [0.25, 0.3) is 0 Å². The molecule has 1 amide bonds. The van der Waals surface area contributed by atoms with Gasteiger partial charge < -0.3 is 15.5 Å². The molecular weight excluding hydrogens is 286 g/mol. The second kappa shape index (κ2) is 6.24. The van der Waals surface area contributed by atoms with Crippen LogP contribution in [0.3, 0.4) is 0 Å². The van der Waals surface area contributed by atoms with Crippen molar-refractivity contribution in [3.63, 3.8) is 0 Å². The number of amides is 1. The van der Waals surface area contributed by atoms with Gasteiger partial charge in [0.25, 0.3) is 0 Å². The van der Waals surface area contributed by atoms with Gasteiger partial charge in [-0.1, -0.05) is 30.2 Å². The Kier molecular flexibility index (Phi) is 4.36. The van der Waals surface area contributed by atoms with E-state index in [0.717, 1.165) is 56.2 Å². The second-order valence-corrected chi connectivity index (χ2v) is 6.37. The van der Waals surface area contributed by atoms with Gasteiger partial charge in [-0.2, -0.15) is 0 Å². The molecule has 0 aromatic heterocycles. The Morgan fingerprint density at radius 2 is 1.86 bits per heavy atom. The van der Waals surface area contributed by atoms with Crippen LogP contribution in [0.2, 0.25) is 5.02 Å². The van der Waals surface area contributed by atoms with Crippen molar-refractivity contribution in [2.45, 2.75) is 25.3 Å². The normalized spacial score (nSPS) is 26.2. The summed E-state index contributed by atoms with van der Waals surface area (Å²) in [4.78, 5) is 16.7. The van der Waals surface area contributed by atoms with Crippen molar-refractivity contribution >= 4 is 23.2 Å². The first-order chi connectivity index (χ1) is 10.2. The molecule has 1 aromatic carbocycles. The van der Waals surface area contributed by atoms with Gasteiger partial charge in [-0.25, -0.2) is 0 Å². The van der Waals surface area contributed by atoms with Gasteiger partial charge in [0.15, 0.2) is 0 Å². The summed E-state index contributed by atoms with van der Waals surface area (Å²) in [7, 11) is 0. The van der Waals surface area contributed by atoms with Crippen LogP contribution in [0.15, 0.2) is 24.3 Å². The average Bonchev–Trinajstić information content (AvgIpc) is 2.93. The Labute approximate surface area is 130 Å². The molecule has 2 aliphatic rings. The lowest BCUT2D eigenvalue weighted by Crippen LogP contribution is -2.52. The molecule has 0 radical (unpaired) electrons. The van der Waals surface area contributed by atoms with Gasteiger partial charge in [0.1, 0.15) is 0 Å². The molecule has 0 bridgehead atoms. The van der Waals surface area contributed by atoms with Crippen LogP contribution in [0, 0.1) is 5.92 Å². The fraction of sp³-hybridized carbons (Fsp3) is 0.562. The molecule has 1 aliphatic carbocycles. The van der Waals surface area contributed by atoms with E-state index in [9.17, 15) is 4.79 Å². The van der Waals surface area contributed by atoms with E-state index in [0.29, 0.717) is 0 Å². The number of anilines is 1. The summed E-state index contributed by atoms with van der Waals surface area (Å²) in [5, 5.41) is 0.773. The van der Waals surface area contributed by atoms with Crippen molar-refractivity contribution in [1.29, 1.82) is 0 Å². The van der Waals surface area contributed by atoms with E-state index in [2.05, 4.69) is 4.90 Å². The Bertz CT molecular complexity index is 514. The minimum atomic E-state index is 0.0388. The van der Waals surface area contributed by atoms with Crippen molar-refractivity contribution in [3.8, 4) is 0 Å². The average molecular weight is 308 g/mol. The zero-order valence-corrected chi connectivity index (χ0v) is 12.9. The van der Waals surface area contributed by atoms with Gasteiger partial charge in [0.2, 0.25) is 5.91 Å². The van der Waals surface area contributed by atoms with Crippen LogP contribution in [-0.4, -0.2) is 43.0 Å². The number of piperazine rings is 1. The van der Waals surface area contributed by atoms with Crippen molar-refractivity contribution in [3.05, 3.63) is 29.3 Å². The first-order valence-electron chi connectivity index (χ1n) is 7.70. The molecular formula is C16H22ClN3O. The first-order valence-corrected chi connectivity index (χ1v) is 8.08. The van der Waals surface area contributed by atoms with Crippen LogP contribution in [0.1, 0.15) is 19.3 Å². The molecule has 1 aromatic rings. The number of nitrogens with zero attached hydrogens (tertiary/aromatic N) is 2. The third-order valence-electron chi connectivity index (χ3n) is 4.67. The predicted octanol–water partition coefficient (Wildman–Crippen LogP) is 2.12. The molecule has 0 spiro atoms. The Morgan fingerprint density at radius 1 is 1.14 bits per heavy atom. The topological polar surface area (TPSA) is 49.6 Å². The predicted molar refractivity (Wildman–Crippen MR) is 85.6 cm³/mol. The summed E-state index contributed by atoms with van der Waals surface area (Å²) in [6.07, 6.45) is 3.01. The summed E-state index contributed by atoms with van der Waals surface area (Å²) in [5.41, 5.74) is 7.11. The van der Waals surface area contributed by atoms with E-state index in [1.165, 1.54) is 0 Å². The SMILES string of the molecule is N[C@H]1CCC[C@@H]1C(=O)N1CCN(c2ccccc2Cl)CC1. The highest BCUT2D eigenvalue weighted by Crippen LogP contribution is 2.28. The van der Waals surface area contributed by atoms with Gasteiger partial charge in [-0.05, 0) is 25.0 Å². The molecule has 1 saturated carbocycles. The van der Waals surface area contributed by atoms with Gasteiger partial charge in [0, 0.05) is 32.2 Å². The molecule has 2 N–H and O–H groups in total. The monoisotopic (exact) mass is 307 g/mol. The number of hydrogen-bond acceptors (Lipinski definition) is 3. The lowest BCUT2D eigenvalue weighted by atomic mass is 10.0. The summed E-state index contributed by atoms with van der Waals surface area (Å²) >= 11 is 6.24. The highest BCUT2D eigenvalue weighted by molar-refractivity contribution is 6.33. The van der Waals surface area contributed by atoms with Gasteiger partial charge >= 0.3 is 0 Å². The minimum absolute atomic E-state index is 0.0388. The highest BCUT2D eigenvalue weighted by Gasteiger charge is 2.34. The van der Waals surface area contributed by atoms with Crippen LogP contribution in [0.5, 0.6) is 0 Å². The Morgan fingerprint density at radius 3 is 2.48 bits per heavy atom. The standard InChI is InChI=1S/C16H22ClN3O/c17-13-5-1-2-7-15(13)19-8-10-20(11-9-19)16(21)12-4-3-6-14(12)18/h1-2,5,7,12,14H,3-4,6,8-11,18H2/t12-,14-/m0/s1. The molecule has 1 saturated heterocycles. The highest BCUT2D eigenvalue weighted by atomic mass is 35.5. The van der Waals surface area contributed by atoms with E-state index in [-0.39, 0.29) is 17.9 Å². The number of carbonyl (C=O) groups excluding carboxylic acids is 1. The smallest absolute Gasteiger partial charge is 0.227 e. The van der Waals surface area contributed by atoms with Gasteiger partial charge in [-0.15, -0.1) is 0 Å². The summed E-state index contributed by atoms with van der Waals surface area (Å²) in [5.74, 6) is 0.288. The molecule has 5 heteroatoms. The molecule has 21 heavy (non-hydrogen) atoms. The van der Waals surface area contributed by atoms with Crippen LogP contribution >= 0.6 is 11.6 Å². The molecule has 1 aliphatic heterocycles. The summed E-state index contributed by atoms with van der Waals surface area (Å²) in [6.45, 7) is 3.18. The zero-order chi connectivity index (χ0) is 14.8. The van der Waals surface area contributed by atoms with Crippen LogP contribution in [0.4, 0.5) is 5.69 Å². The fourth-order valence-corrected chi connectivity index (χ4v) is 3.66. The number of nitrogens with two attached hydrogens (primary N) is 1. The number of benzene rings is 1. The number of carbonyl (C=O) groups is 1. The Hall–Kier alpha value is -1.26. The van der Waals surface area contributed by atoms with Crippen molar-refractivity contribution < 1.29 is 4.79 Å². The molecule has 0 unspecified atom stereocenters. The van der Waals surface area contributed by atoms with Gasteiger partial charge in [0.05, 0.1) is 16.6 Å². The fourth-order valence-electron chi connectivity index (χ4n) is 3.41. The first kappa shape index (κ1) is 14.7. The molecule has 114 valence electrons. The molecule has 1 heterocycles. The lowest BCUT2D eigenvalue weighted by molar-refractivity contribution is -0.136. The van der Waals surface area contributed by atoms with E-state index in [4.69, 9.17) is 17.3 Å². The maximum atomic E-state index is 12.5. The van der Waals surface area contributed by atoms with Crippen LogP contribution in [-0.2, 0) is 4.79 Å². The van der Waals surface area contributed by atoms with Crippen LogP contribution < -0.4 is 10.6 Å². The molecule has 2 atom stereocenters. The summed E-state index contributed by atoms with van der Waals surface area (Å²) in [6, 6.07) is 7.93. The van der Waals surface area contributed by atoms with Crippen molar-refractivity contribution in [1.82, 2.24) is 4.90 Å². The summed E-state index contributed by atoms with van der Waals surface area (Å²) < 4.78 is 0. The number of hydrogen-bond donors (Lipinski definition) is 1. The maximum Gasteiger partial charge on any atom is 0.227 e. The van der Waals surface area contributed by atoms with Crippen molar-refractivity contribution in [2.75, 3.05) is 31.1 Å².